The molecule has 0 fully saturated rings. The van der Waals surface area contributed by atoms with Crippen LogP contribution in [0.1, 0.15) is 33.1 Å². The molecule has 2 aromatic heterocycles. The number of rotatable bonds is 5. The molecule has 0 saturated heterocycles. The molecule has 90 valence electrons. The highest BCUT2D eigenvalue weighted by Gasteiger charge is 2.06. The molecule has 1 N–H and O–H groups in total. The molecule has 0 bridgehead atoms. The van der Waals surface area contributed by atoms with Crippen LogP contribution in [0.4, 0.5) is 5.82 Å². The molecular weight excluding hydrogens is 212 g/mol. The quantitative estimate of drug-likeness (QED) is 0.857. The smallest absolute Gasteiger partial charge is 0.180 e. The van der Waals surface area contributed by atoms with Crippen molar-refractivity contribution in [2.45, 2.75) is 39.2 Å². The van der Waals surface area contributed by atoms with Crippen LogP contribution in [0, 0.1) is 0 Å². The van der Waals surface area contributed by atoms with Crippen LogP contribution in [0.3, 0.4) is 0 Å². The van der Waals surface area contributed by atoms with Gasteiger partial charge in [0.1, 0.15) is 11.3 Å². The number of hydrogen-bond acceptors (Lipinski definition) is 4. The largest absolute Gasteiger partial charge is 0.367 e. The topological polar surface area (TPSA) is 50.7 Å². The third-order valence-electron chi connectivity index (χ3n) is 2.81. The van der Waals surface area contributed by atoms with Gasteiger partial charge in [0.25, 0.3) is 0 Å². The molecule has 2 aromatic rings. The zero-order valence-corrected chi connectivity index (χ0v) is 10.3. The van der Waals surface area contributed by atoms with Gasteiger partial charge in [-0.15, -0.1) is 0 Å². The predicted molar refractivity (Wildman–Crippen MR) is 69.9 cm³/mol. The number of fused-ring (bicyclic) bond motifs is 1. The number of nitrogens with zero attached hydrogens (tertiary/aromatic N) is 3. The van der Waals surface area contributed by atoms with Gasteiger partial charge in [-0.25, -0.2) is 9.97 Å². The minimum absolute atomic E-state index is 0.488. The third-order valence-corrected chi connectivity index (χ3v) is 2.81. The first-order chi connectivity index (χ1) is 8.33. The Hall–Kier alpha value is -1.71. The number of hydrogen-bond donors (Lipinski definition) is 1. The van der Waals surface area contributed by atoms with Gasteiger partial charge in [-0.1, -0.05) is 20.3 Å². The van der Waals surface area contributed by atoms with Crippen molar-refractivity contribution in [1.29, 1.82) is 0 Å². The number of anilines is 1. The van der Waals surface area contributed by atoms with Crippen molar-refractivity contribution in [3.63, 3.8) is 0 Å². The van der Waals surface area contributed by atoms with Crippen molar-refractivity contribution in [3.8, 4) is 0 Å². The molecule has 1 unspecified atom stereocenters. The zero-order valence-electron chi connectivity index (χ0n) is 10.3. The number of pyridine rings is 1. The van der Waals surface area contributed by atoms with E-state index in [1.165, 1.54) is 6.42 Å². The summed E-state index contributed by atoms with van der Waals surface area (Å²) in [7, 11) is 0. The molecule has 0 amide bonds. The molecule has 2 heterocycles. The van der Waals surface area contributed by atoms with Crippen LogP contribution in [0.25, 0.3) is 11.2 Å². The highest BCUT2D eigenvalue weighted by Crippen LogP contribution is 2.13. The fourth-order valence-corrected chi connectivity index (χ4v) is 1.87. The van der Waals surface area contributed by atoms with Crippen molar-refractivity contribution in [2.24, 2.45) is 0 Å². The summed E-state index contributed by atoms with van der Waals surface area (Å²) >= 11 is 0. The minimum atomic E-state index is 0.488. The molecule has 0 saturated carbocycles. The van der Waals surface area contributed by atoms with Crippen LogP contribution in [0.5, 0.6) is 0 Å². The van der Waals surface area contributed by atoms with Gasteiger partial charge in [-0.2, -0.15) is 0 Å². The van der Waals surface area contributed by atoms with Gasteiger partial charge in [-0.3, -0.25) is 4.98 Å². The van der Waals surface area contributed by atoms with E-state index in [2.05, 4.69) is 34.1 Å². The molecule has 4 heteroatoms. The Morgan fingerprint density at radius 3 is 2.76 bits per heavy atom. The Labute approximate surface area is 102 Å². The second-order valence-electron chi connectivity index (χ2n) is 4.13. The first-order valence-electron chi connectivity index (χ1n) is 6.17. The van der Waals surface area contributed by atoms with Crippen LogP contribution in [-0.2, 0) is 0 Å². The average Bonchev–Trinajstić information content (AvgIpc) is 2.38. The van der Waals surface area contributed by atoms with Crippen molar-refractivity contribution in [2.75, 3.05) is 5.32 Å². The van der Waals surface area contributed by atoms with Gasteiger partial charge in [-0.05, 0) is 25.0 Å². The van der Waals surface area contributed by atoms with Crippen molar-refractivity contribution < 1.29 is 0 Å². The molecule has 0 spiro atoms. The lowest BCUT2D eigenvalue weighted by molar-refractivity contribution is 0.621. The summed E-state index contributed by atoms with van der Waals surface area (Å²) in [5.74, 6) is 0.887. The van der Waals surface area contributed by atoms with Crippen LogP contribution < -0.4 is 5.32 Å². The van der Waals surface area contributed by atoms with E-state index in [9.17, 15) is 0 Å². The van der Waals surface area contributed by atoms with Crippen LogP contribution >= 0.6 is 0 Å². The van der Waals surface area contributed by atoms with E-state index in [0.717, 1.165) is 24.2 Å². The first kappa shape index (κ1) is 11.8. The van der Waals surface area contributed by atoms with E-state index in [-0.39, 0.29) is 0 Å². The van der Waals surface area contributed by atoms with Gasteiger partial charge < -0.3 is 5.32 Å². The fraction of sp³-hybridized carbons (Fsp3) is 0.462. The molecule has 0 radical (unpaired) electrons. The lowest BCUT2D eigenvalue weighted by Crippen LogP contribution is -2.18. The molecule has 1 atom stereocenters. The van der Waals surface area contributed by atoms with Gasteiger partial charge in [0.2, 0.25) is 0 Å². The van der Waals surface area contributed by atoms with Gasteiger partial charge >= 0.3 is 0 Å². The summed E-state index contributed by atoms with van der Waals surface area (Å²) in [5, 5.41) is 3.44. The Morgan fingerprint density at radius 1 is 1.18 bits per heavy atom. The maximum absolute atomic E-state index is 4.46. The summed E-state index contributed by atoms with van der Waals surface area (Å²) in [4.78, 5) is 12.9. The third kappa shape index (κ3) is 2.90. The molecular formula is C13H18N4. The van der Waals surface area contributed by atoms with Crippen molar-refractivity contribution in [1.82, 2.24) is 15.0 Å². The number of aromatic nitrogens is 3. The maximum atomic E-state index is 4.46. The summed E-state index contributed by atoms with van der Waals surface area (Å²) in [5.41, 5.74) is 1.53. The standard InChI is InChI=1S/C13H18N4/c1-3-5-10(4-2)16-12-7-6-11-13(17-12)15-9-8-14-11/h6-10H,3-5H2,1-2H3,(H,15,16,17). The summed E-state index contributed by atoms with van der Waals surface area (Å²) < 4.78 is 0. The van der Waals surface area contributed by atoms with Gasteiger partial charge in [0.15, 0.2) is 5.65 Å². The Morgan fingerprint density at radius 2 is 2.00 bits per heavy atom. The van der Waals surface area contributed by atoms with E-state index in [1.807, 2.05) is 12.1 Å². The summed E-state index contributed by atoms with van der Waals surface area (Å²) in [6.07, 6.45) is 6.80. The van der Waals surface area contributed by atoms with E-state index in [4.69, 9.17) is 0 Å². The summed E-state index contributed by atoms with van der Waals surface area (Å²) in [6, 6.07) is 4.41. The zero-order chi connectivity index (χ0) is 12.1. The molecule has 0 aliphatic heterocycles. The van der Waals surface area contributed by atoms with E-state index in [1.54, 1.807) is 12.4 Å². The van der Waals surface area contributed by atoms with Gasteiger partial charge in [0.05, 0.1) is 0 Å². The Bertz CT molecular complexity index is 484. The first-order valence-corrected chi connectivity index (χ1v) is 6.17. The molecule has 4 nitrogen and oxygen atoms in total. The van der Waals surface area contributed by atoms with Gasteiger partial charge in [0, 0.05) is 18.4 Å². The minimum Gasteiger partial charge on any atom is -0.367 e. The van der Waals surface area contributed by atoms with Crippen LogP contribution in [0.15, 0.2) is 24.5 Å². The fourth-order valence-electron chi connectivity index (χ4n) is 1.87. The second-order valence-corrected chi connectivity index (χ2v) is 4.13. The Kier molecular flexibility index (Phi) is 3.85. The molecule has 2 rings (SSSR count). The summed E-state index contributed by atoms with van der Waals surface area (Å²) in [6.45, 7) is 4.39. The molecule has 0 aliphatic carbocycles. The highest BCUT2D eigenvalue weighted by atomic mass is 15.0. The maximum Gasteiger partial charge on any atom is 0.180 e. The molecule has 17 heavy (non-hydrogen) atoms. The lowest BCUT2D eigenvalue weighted by Gasteiger charge is -2.16. The predicted octanol–water partition coefficient (Wildman–Crippen LogP) is 3.02. The highest BCUT2D eigenvalue weighted by molar-refractivity contribution is 5.71. The van der Waals surface area contributed by atoms with E-state index >= 15 is 0 Å². The normalized spacial score (nSPS) is 12.6. The monoisotopic (exact) mass is 230 g/mol. The average molecular weight is 230 g/mol. The van der Waals surface area contributed by atoms with Crippen LogP contribution in [0.2, 0.25) is 0 Å². The van der Waals surface area contributed by atoms with Crippen molar-refractivity contribution in [3.05, 3.63) is 24.5 Å². The van der Waals surface area contributed by atoms with Crippen LogP contribution in [-0.4, -0.2) is 21.0 Å². The van der Waals surface area contributed by atoms with Crippen molar-refractivity contribution >= 4 is 17.0 Å². The lowest BCUT2D eigenvalue weighted by atomic mass is 10.1. The number of nitrogens with one attached hydrogen (secondary N) is 1. The molecule has 0 aromatic carbocycles. The Balaban J connectivity index is 2.18. The molecule has 0 aliphatic rings. The van der Waals surface area contributed by atoms with E-state index in [0.29, 0.717) is 11.7 Å². The SMILES string of the molecule is CCCC(CC)Nc1ccc2nccnc2n1. The van der Waals surface area contributed by atoms with E-state index < -0.39 is 0 Å². The second kappa shape index (κ2) is 5.57.